The van der Waals surface area contributed by atoms with Crippen LogP contribution < -0.4 is 0 Å². The van der Waals surface area contributed by atoms with Crippen LogP contribution in [0.15, 0.2) is 0 Å². The molecule has 4 heteroatoms. The van der Waals surface area contributed by atoms with Crippen LogP contribution in [0.25, 0.3) is 0 Å². The minimum atomic E-state index is -0.421. The number of Topliss-reactive ketones (excluding diaryl/α,β-unsaturated/α-hetero) is 1. The summed E-state index contributed by atoms with van der Waals surface area (Å²) in [4.78, 5) is 25.0. The largest absolute Gasteiger partial charge is 0.378 e. The third kappa shape index (κ3) is 4.11. The third-order valence-electron chi connectivity index (χ3n) is 3.58. The fourth-order valence-corrected chi connectivity index (χ4v) is 2.08. The number of hydrogen-bond donors (Lipinski definition) is 0. The van der Waals surface area contributed by atoms with Crippen molar-refractivity contribution < 1.29 is 14.3 Å². The van der Waals surface area contributed by atoms with E-state index in [1.165, 1.54) is 0 Å². The van der Waals surface area contributed by atoms with Crippen molar-refractivity contribution in [3.8, 4) is 0 Å². The zero-order valence-electron chi connectivity index (χ0n) is 11.3. The molecule has 0 radical (unpaired) electrons. The highest BCUT2D eigenvalue weighted by Crippen LogP contribution is 2.22. The first-order valence-electron chi connectivity index (χ1n) is 6.18. The lowest BCUT2D eigenvalue weighted by Crippen LogP contribution is -2.42. The molecule has 0 saturated heterocycles. The van der Waals surface area contributed by atoms with E-state index < -0.39 is 5.60 Å². The fourth-order valence-electron chi connectivity index (χ4n) is 2.08. The predicted molar refractivity (Wildman–Crippen MR) is 65.7 cm³/mol. The van der Waals surface area contributed by atoms with E-state index in [4.69, 9.17) is 4.74 Å². The van der Waals surface area contributed by atoms with Gasteiger partial charge in [-0.1, -0.05) is 0 Å². The lowest BCUT2D eigenvalue weighted by atomic mass is 9.92. The Labute approximate surface area is 103 Å². The molecule has 98 valence electrons. The number of carbonyl (C=O) groups excluding carboxylic acids is 2. The Balaban J connectivity index is 2.49. The quantitative estimate of drug-likeness (QED) is 0.753. The first kappa shape index (κ1) is 14.2. The topological polar surface area (TPSA) is 46.6 Å². The van der Waals surface area contributed by atoms with Crippen molar-refractivity contribution in [3.05, 3.63) is 0 Å². The fraction of sp³-hybridized carbons (Fsp3) is 0.846. The van der Waals surface area contributed by atoms with Gasteiger partial charge in [-0.05, 0) is 26.7 Å². The van der Waals surface area contributed by atoms with Crippen LogP contribution in [-0.2, 0) is 14.3 Å². The number of ketones is 1. The number of carbonyl (C=O) groups is 2. The van der Waals surface area contributed by atoms with E-state index in [1.807, 2.05) is 20.9 Å². The van der Waals surface area contributed by atoms with Crippen LogP contribution in [0.1, 0.15) is 46.0 Å². The molecule has 1 aliphatic carbocycles. The molecule has 1 fully saturated rings. The van der Waals surface area contributed by atoms with Gasteiger partial charge < -0.3 is 9.64 Å². The number of hydrogen-bond acceptors (Lipinski definition) is 3. The Morgan fingerprint density at radius 3 is 2.41 bits per heavy atom. The van der Waals surface area contributed by atoms with Crippen LogP contribution in [0.2, 0.25) is 0 Å². The average Bonchev–Trinajstić information content (AvgIpc) is 2.28. The van der Waals surface area contributed by atoms with Crippen molar-refractivity contribution in [2.24, 2.45) is 0 Å². The molecule has 17 heavy (non-hydrogen) atoms. The minimum absolute atomic E-state index is 0.0937. The molecule has 0 unspecified atom stereocenters. The first-order valence-corrected chi connectivity index (χ1v) is 6.18. The van der Waals surface area contributed by atoms with Gasteiger partial charge in [0.05, 0.1) is 12.0 Å². The van der Waals surface area contributed by atoms with E-state index in [-0.39, 0.29) is 11.9 Å². The Morgan fingerprint density at radius 2 is 1.94 bits per heavy atom. The summed E-state index contributed by atoms with van der Waals surface area (Å²) in [6.45, 7) is 3.81. The molecule has 0 heterocycles. The molecule has 1 amide bonds. The highest BCUT2D eigenvalue weighted by molar-refractivity contribution is 5.80. The average molecular weight is 241 g/mol. The van der Waals surface area contributed by atoms with E-state index in [1.54, 1.807) is 12.0 Å². The van der Waals surface area contributed by atoms with Gasteiger partial charge in [0, 0.05) is 33.0 Å². The van der Waals surface area contributed by atoms with Gasteiger partial charge in [-0.3, -0.25) is 9.59 Å². The van der Waals surface area contributed by atoms with Gasteiger partial charge >= 0.3 is 0 Å². The second kappa shape index (κ2) is 5.63. The van der Waals surface area contributed by atoms with Crippen LogP contribution in [-0.4, -0.2) is 42.4 Å². The van der Waals surface area contributed by atoms with E-state index in [2.05, 4.69) is 0 Å². The summed E-state index contributed by atoms with van der Waals surface area (Å²) in [5.41, 5.74) is -0.421. The second-order valence-electron chi connectivity index (χ2n) is 5.42. The first-order chi connectivity index (χ1) is 7.85. The second-order valence-corrected chi connectivity index (χ2v) is 5.42. The summed E-state index contributed by atoms with van der Waals surface area (Å²) in [6, 6.07) is 0.216. The Kier molecular flexibility index (Phi) is 4.69. The molecular formula is C13H23NO3. The molecule has 1 aliphatic rings. The van der Waals surface area contributed by atoms with Gasteiger partial charge in [0.15, 0.2) is 0 Å². The van der Waals surface area contributed by atoms with Gasteiger partial charge in [0.2, 0.25) is 5.91 Å². The molecule has 0 aliphatic heterocycles. The summed E-state index contributed by atoms with van der Waals surface area (Å²) < 4.78 is 5.26. The summed E-state index contributed by atoms with van der Waals surface area (Å²) >= 11 is 0. The maximum Gasteiger partial charge on any atom is 0.225 e. The van der Waals surface area contributed by atoms with Crippen molar-refractivity contribution in [2.75, 3.05) is 14.2 Å². The highest BCUT2D eigenvalue weighted by atomic mass is 16.5. The van der Waals surface area contributed by atoms with Crippen molar-refractivity contribution in [1.29, 1.82) is 0 Å². The molecule has 0 atom stereocenters. The Bertz CT molecular complexity index is 289. The smallest absolute Gasteiger partial charge is 0.225 e. The van der Waals surface area contributed by atoms with Crippen molar-refractivity contribution in [3.63, 3.8) is 0 Å². The van der Waals surface area contributed by atoms with E-state index in [0.717, 1.165) is 12.8 Å². The van der Waals surface area contributed by atoms with Crippen molar-refractivity contribution >= 4 is 11.7 Å². The van der Waals surface area contributed by atoms with Crippen LogP contribution in [0.5, 0.6) is 0 Å². The zero-order chi connectivity index (χ0) is 13.1. The monoisotopic (exact) mass is 241 g/mol. The van der Waals surface area contributed by atoms with Crippen LogP contribution >= 0.6 is 0 Å². The van der Waals surface area contributed by atoms with E-state index >= 15 is 0 Å². The van der Waals surface area contributed by atoms with Gasteiger partial charge in [-0.25, -0.2) is 0 Å². The van der Waals surface area contributed by atoms with Gasteiger partial charge in [0.25, 0.3) is 0 Å². The number of ether oxygens (including phenoxy) is 1. The number of nitrogens with zero attached hydrogens (tertiary/aromatic N) is 1. The minimum Gasteiger partial charge on any atom is -0.378 e. The van der Waals surface area contributed by atoms with Gasteiger partial charge in [0.1, 0.15) is 5.78 Å². The molecule has 0 aromatic rings. The zero-order valence-corrected chi connectivity index (χ0v) is 11.3. The highest BCUT2D eigenvalue weighted by Gasteiger charge is 2.29. The van der Waals surface area contributed by atoms with E-state index in [9.17, 15) is 9.59 Å². The maximum absolute atomic E-state index is 12.1. The molecule has 0 aromatic heterocycles. The Morgan fingerprint density at radius 1 is 1.41 bits per heavy atom. The Hall–Kier alpha value is -0.900. The summed E-state index contributed by atoms with van der Waals surface area (Å²) in [5.74, 6) is 0.413. The standard InChI is InChI=1S/C13H23NO3/c1-13(2,17-4)9-12(16)14(3)10-5-7-11(15)8-6-10/h10H,5-9H2,1-4H3. The van der Waals surface area contributed by atoms with Crippen molar-refractivity contribution in [2.45, 2.75) is 57.6 Å². The molecule has 0 bridgehead atoms. The molecule has 1 saturated carbocycles. The van der Waals surface area contributed by atoms with Crippen molar-refractivity contribution in [1.82, 2.24) is 4.90 Å². The summed E-state index contributed by atoms with van der Waals surface area (Å²) in [7, 11) is 3.45. The van der Waals surface area contributed by atoms with Crippen LogP contribution in [0, 0.1) is 0 Å². The van der Waals surface area contributed by atoms with Crippen LogP contribution in [0.3, 0.4) is 0 Å². The SMILES string of the molecule is COC(C)(C)CC(=O)N(C)C1CCC(=O)CC1. The molecular weight excluding hydrogens is 218 g/mol. The molecule has 4 nitrogen and oxygen atoms in total. The number of rotatable bonds is 4. The maximum atomic E-state index is 12.1. The number of methoxy groups -OCH3 is 1. The van der Waals surface area contributed by atoms with E-state index in [0.29, 0.717) is 25.0 Å². The number of amides is 1. The molecule has 0 N–H and O–H groups in total. The summed E-state index contributed by atoms with van der Waals surface area (Å²) in [6.07, 6.45) is 3.19. The molecule has 0 aromatic carbocycles. The summed E-state index contributed by atoms with van der Waals surface area (Å²) in [5, 5.41) is 0. The normalized spacial score (nSPS) is 18.2. The molecule has 1 rings (SSSR count). The lowest BCUT2D eigenvalue weighted by Gasteiger charge is -2.33. The lowest BCUT2D eigenvalue weighted by molar-refractivity contribution is -0.139. The van der Waals surface area contributed by atoms with Crippen LogP contribution in [0.4, 0.5) is 0 Å². The predicted octanol–water partition coefficient (Wildman–Crippen LogP) is 1.77. The third-order valence-corrected chi connectivity index (χ3v) is 3.58. The molecule has 0 spiro atoms. The van der Waals surface area contributed by atoms with Gasteiger partial charge in [-0.15, -0.1) is 0 Å². The van der Waals surface area contributed by atoms with Gasteiger partial charge in [-0.2, -0.15) is 0 Å².